The average molecular weight is 276 g/mol. The number of imidazole rings is 1. The SMILES string of the molecule is Nc1cccc2c1ncn2C(=O)c1cccc2[nH]ccc12. The van der Waals surface area contributed by atoms with Crippen molar-refractivity contribution < 1.29 is 4.79 Å². The highest BCUT2D eigenvalue weighted by Crippen LogP contribution is 2.23. The number of benzene rings is 2. The van der Waals surface area contributed by atoms with Crippen LogP contribution in [-0.2, 0) is 0 Å². The summed E-state index contributed by atoms with van der Waals surface area (Å²) in [4.78, 5) is 20.2. The molecule has 0 saturated carbocycles. The Hall–Kier alpha value is -3.08. The van der Waals surface area contributed by atoms with Crippen molar-refractivity contribution >= 4 is 33.5 Å². The van der Waals surface area contributed by atoms with Gasteiger partial charge in [-0.05, 0) is 30.3 Å². The summed E-state index contributed by atoms with van der Waals surface area (Å²) in [6.07, 6.45) is 3.35. The van der Waals surface area contributed by atoms with Gasteiger partial charge in [0.05, 0.1) is 11.2 Å². The van der Waals surface area contributed by atoms with Gasteiger partial charge in [-0.1, -0.05) is 12.1 Å². The fourth-order valence-corrected chi connectivity index (χ4v) is 2.62. The minimum Gasteiger partial charge on any atom is -0.397 e. The van der Waals surface area contributed by atoms with Gasteiger partial charge in [-0.3, -0.25) is 9.36 Å². The third-order valence-corrected chi connectivity index (χ3v) is 3.65. The predicted molar refractivity (Wildman–Crippen MR) is 82.2 cm³/mol. The van der Waals surface area contributed by atoms with Crippen molar-refractivity contribution in [3.8, 4) is 0 Å². The molecule has 102 valence electrons. The Morgan fingerprint density at radius 3 is 2.90 bits per heavy atom. The van der Waals surface area contributed by atoms with Crippen LogP contribution in [0.2, 0.25) is 0 Å². The van der Waals surface area contributed by atoms with Gasteiger partial charge >= 0.3 is 0 Å². The number of nitrogens with two attached hydrogens (primary N) is 1. The first-order chi connectivity index (χ1) is 10.3. The highest BCUT2D eigenvalue weighted by Gasteiger charge is 2.16. The molecule has 0 radical (unpaired) electrons. The van der Waals surface area contributed by atoms with Gasteiger partial charge in [-0.2, -0.15) is 0 Å². The zero-order valence-corrected chi connectivity index (χ0v) is 11.1. The standard InChI is InChI=1S/C16H12N4O/c17-12-4-2-6-14-15(12)19-9-20(14)16(21)11-3-1-5-13-10(11)7-8-18-13/h1-9,18H,17H2. The quantitative estimate of drug-likeness (QED) is 0.525. The van der Waals surface area contributed by atoms with E-state index in [0.717, 1.165) is 10.9 Å². The van der Waals surface area contributed by atoms with Gasteiger partial charge in [0.25, 0.3) is 5.91 Å². The summed E-state index contributed by atoms with van der Waals surface area (Å²) in [5.41, 5.74) is 9.39. The van der Waals surface area contributed by atoms with Gasteiger partial charge in [0, 0.05) is 22.7 Å². The van der Waals surface area contributed by atoms with Crippen LogP contribution >= 0.6 is 0 Å². The van der Waals surface area contributed by atoms with Crippen molar-refractivity contribution in [1.82, 2.24) is 14.5 Å². The number of aromatic amines is 1. The Bertz CT molecular complexity index is 980. The molecule has 0 amide bonds. The first-order valence-electron chi connectivity index (χ1n) is 6.58. The van der Waals surface area contributed by atoms with E-state index in [1.807, 2.05) is 42.6 Å². The fraction of sp³-hybridized carbons (Fsp3) is 0. The molecule has 0 aliphatic carbocycles. The van der Waals surface area contributed by atoms with Gasteiger partial charge in [0.1, 0.15) is 11.8 Å². The summed E-state index contributed by atoms with van der Waals surface area (Å²) in [7, 11) is 0. The maximum atomic E-state index is 12.8. The second-order valence-corrected chi connectivity index (χ2v) is 4.88. The number of carbonyl (C=O) groups excluding carboxylic acids is 1. The zero-order valence-electron chi connectivity index (χ0n) is 11.1. The molecule has 5 heteroatoms. The molecule has 2 aromatic carbocycles. The van der Waals surface area contributed by atoms with Crippen LogP contribution in [0.4, 0.5) is 5.69 Å². The number of hydrogen-bond donors (Lipinski definition) is 2. The summed E-state index contributed by atoms with van der Waals surface area (Å²) in [6.45, 7) is 0. The Kier molecular flexibility index (Phi) is 2.35. The molecule has 5 nitrogen and oxygen atoms in total. The number of nitrogen functional groups attached to an aromatic ring is 1. The lowest BCUT2D eigenvalue weighted by atomic mass is 10.1. The molecular formula is C16H12N4O. The molecule has 4 rings (SSSR count). The second-order valence-electron chi connectivity index (χ2n) is 4.88. The van der Waals surface area contributed by atoms with E-state index in [1.54, 1.807) is 6.07 Å². The van der Waals surface area contributed by atoms with Gasteiger partial charge in [-0.15, -0.1) is 0 Å². The Morgan fingerprint density at radius 2 is 2.00 bits per heavy atom. The van der Waals surface area contributed by atoms with Gasteiger partial charge in [-0.25, -0.2) is 4.98 Å². The van der Waals surface area contributed by atoms with E-state index in [1.165, 1.54) is 10.9 Å². The number of fused-ring (bicyclic) bond motifs is 2. The summed E-state index contributed by atoms with van der Waals surface area (Å²) in [5, 5.41) is 0.897. The largest absolute Gasteiger partial charge is 0.397 e. The molecule has 0 bridgehead atoms. The first kappa shape index (κ1) is 11.7. The van der Waals surface area contributed by atoms with Crippen LogP contribution in [0, 0.1) is 0 Å². The summed E-state index contributed by atoms with van der Waals surface area (Å²) < 4.78 is 1.54. The third-order valence-electron chi connectivity index (χ3n) is 3.65. The summed E-state index contributed by atoms with van der Waals surface area (Å²) in [6, 6.07) is 13.0. The van der Waals surface area contributed by atoms with Crippen LogP contribution in [0.1, 0.15) is 10.4 Å². The van der Waals surface area contributed by atoms with Crippen LogP contribution in [0.3, 0.4) is 0 Å². The molecule has 2 heterocycles. The van der Waals surface area contributed by atoms with Crippen molar-refractivity contribution in [2.24, 2.45) is 0 Å². The van der Waals surface area contributed by atoms with E-state index >= 15 is 0 Å². The van der Waals surface area contributed by atoms with Gasteiger partial charge < -0.3 is 10.7 Å². The lowest BCUT2D eigenvalue weighted by molar-refractivity contribution is 0.0966. The van der Waals surface area contributed by atoms with Gasteiger partial charge in [0.15, 0.2) is 0 Å². The summed E-state index contributed by atoms with van der Waals surface area (Å²) in [5.74, 6) is -0.117. The predicted octanol–water partition coefficient (Wildman–Crippen LogP) is 2.79. The number of nitrogens with zero attached hydrogens (tertiary/aromatic N) is 2. The molecule has 21 heavy (non-hydrogen) atoms. The van der Waals surface area contributed by atoms with Crippen LogP contribution in [0.5, 0.6) is 0 Å². The third kappa shape index (κ3) is 1.64. The monoisotopic (exact) mass is 276 g/mol. The minimum absolute atomic E-state index is 0.117. The molecule has 3 N–H and O–H groups in total. The Balaban J connectivity index is 1.95. The topological polar surface area (TPSA) is 76.7 Å². The van der Waals surface area contributed by atoms with Crippen molar-refractivity contribution in [3.63, 3.8) is 0 Å². The number of para-hydroxylation sites is 1. The van der Waals surface area contributed by atoms with E-state index in [4.69, 9.17) is 5.73 Å². The van der Waals surface area contributed by atoms with Crippen LogP contribution in [-0.4, -0.2) is 20.4 Å². The number of rotatable bonds is 1. The maximum Gasteiger partial charge on any atom is 0.264 e. The number of hydrogen-bond acceptors (Lipinski definition) is 3. The molecule has 0 unspecified atom stereocenters. The number of nitrogens with one attached hydrogen (secondary N) is 1. The molecule has 0 spiro atoms. The molecule has 4 aromatic rings. The van der Waals surface area contributed by atoms with Crippen molar-refractivity contribution in [2.45, 2.75) is 0 Å². The van der Waals surface area contributed by atoms with E-state index in [-0.39, 0.29) is 5.91 Å². The minimum atomic E-state index is -0.117. The highest BCUT2D eigenvalue weighted by atomic mass is 16.2. The van der Waals surface area contributed by atoms with Crippen LogP contribution in [0.25, 0.3) is 21.9 Å². The van der Waals surface area contributed by atoms with E-state index in [2.05, 4.69) is 9.97 Å². The van der Waals surface area contributed by atoms with E-state index < -0.39 is 0 Å². The molecule has 0 saturated heterocycles. The molecular weight excluding hydrogens is 264 g/mol. The molecule has 0 aliphatic rings. The van der Waals surface area contributed by atoms with Crippen molar-refractivity contribution in [1.29, 1.82) is 0 Å². The molecule has 0 aliphatic heterocycles. The second kappa shape index (κ2) is 4.21. The van der Waals surface area contributed by atoms with E-state index in [0.29, 0.717) is 22.3 Å². The fourth-order valence-electron chi connectivity index (χ4n) is 2.62. The molecule has 0 atom stereocenters. The Morgan fingerprint density at radius 1 is 1.14 bits per heavy atom. The van der Waals surface area contributed by atoms with Crippen molar-refractivity contribution in [3.05, 3.63) is 60.6 Å². The highest BCUT2D eigenvalue weighted by molar-refractivity contribution is 6.10. The maximum absolute atomic E-state index is 12.8. The van der Waals surface area contributed by atoms with Crippen LogP contribution < -0.4 is 5.73 Å². The summed E-state index contributed by atoms with van der Waals surface area (Å²) >= 11 is 0. The Labute approximate surface area is 120 Å². The van der Waals surface area contributed by atoms with Crippen molar-refractivity contribution in [2.75, 3.05) is 5.73 Å². The lowest BCUT2D eigenvalue weighted by Gasteiger charge is -2.05. The average Bonchev–Trinajstić information content (AvgIpc) is 3.13. The van der Waals surface area contributed by atoms with Crippen LogP contribution in [0.15, 0.2) is 55.0 Å². The first-order valence-corrected chi connectivity index (χ1v) is 6.58. The normalized spacial score (nSPS) is 11.2. The number of carbonyl (C=O) groups is 1. The molecule has 0 fully saturated rings. The van der Waals surface area contributed by atoms with E-state index in [9.17, 15) is 4.79 Å². The number of anilines is 1. The number of aromatic nitrogens is 3. The lowest BCUT2D eigenvalue weighted by Crippen LogP contribution is -2.11. The van der Waals surface area contributed by atoms with Gasteiger partial charge in [0.2, 0.25) is 0 Å². The molecule has 2 aromatic heterocycles. The number of H-pyrrole nitrogens is 1. The smallest absolute Gasteiger partial charge is 0.264 e. The zero-order chi connectivity index (χ0) is 14.4.